The van der Waals surface area contributed by atoms with Crippen LogP contribution in [-0.4, -0.2) is 6.08 Å². The van der Waals surface area contributed by atoms with Crippen LogP contribution in [0.2, 0.25) is 0 Å². The first-order valence-corrected chi connectivity index (χ1v) is 0.428. The number of nitrogens with zero attached hydrogens (tertiary/aromatic N) is 1. The summed E-state index contributed by atoms with van der Waals surface area (Å²) in [4.78, 5) is 8.24. The third kappa shape index (κ3) is 64.8. The van der Waals surface area contributed by atoms with E-state index in [0.717, 1.165) is 0 Å². The van der Waals surface area contributed by atoms with E-state index in [2.05, 4.69) is 0 Å². The van der Waals surface area contributed by atoms with Gasteiger partial charge in [-0.3, -0.25) is 4.79 Å². The summed E-state index contributed by atoms with van der Waals surface area (Å²) in [5.74, 6) is 0. The molecule has 0 N–H and O–H groups in total. The molecule has 0 saturated carbocycles. The van der Waals surface area contributed by atoms with Crippen molar-refractivity contribution in [3.8, 4) is 0 Å². The van der Waals surface area contributed by atoms with Gasteiger partial charge in [0.1, 0.15) is 0 Å². The van der Waals surface area contributed by atoms with E-state index < -0.39 is 0 Å². The minimum atomic E-state index is 0. The van der Waals surface area contributed by atoms with Crippen LogP contribution < -0.4 is 113 Å². The van der Waals surface area contributed by atoms with Crippen LogP contribution in [0, 0.1) is 0 Å². The summed E-state index contributed by atoms with van der Waals surface area (Å²) in [5.41, 5.74) is 0. The van der Waals surface area contributed by atoms with Gasteiger partial charge in [0.15, 0.2) is 0 Å². The maximum Gasteiger partial charge on any atom is 1.00 e. The molecule has 0 atom stereocenters. The Bertz CT molecular complexity index is 38.3. The fraction of sp³-hybridized carbons (Fsp3) is 0. The van der Waals surface area contributed by atoms with Crippen LogP contribution in [0.4, 0.5) is 0 Å². The van der Waals surface area contributed by atoms with Crippen LogP contribution in [0.5, 0.6) is 0 Å². The van der Waals surface area contributed by atoms with E-state index in [4.69, 9.17) is 10.2 Å². The molecular formula is CCl2NNa3O. The first-order valence-electron chi connectivity index (χ1n) is 0.428. The second-order valence-corrected chi connectivity index (χ2v) is 0.0913. The Morgan fingerprint density at radius 3 is 1.00 bits per heavy atom. The molecule has 0 fully saturated rings. The number of hydrogen-bond donors (Lipinski definition) is 0. The normalized spacial score (nSPS) is 1.00. The summed E-state index contributed by atoms with van der Waals surface area (Å²) in [5, 5.41) is 6.76. The molecule has 0 aliphatic rings. The summed E-state index contributed by atoms with van der Waals surface area (Å²) in [7, 11) is 0. The molecule has 0 rings (SSSR count). The number of isocyanates is 1. The Hall–Kier alpha value is 2.96. The maximum atomic E-state index is 8.24. The molecule has 0 radical (unpaired) electrons. The zero-order valence-corrected chi connectivity index (χ0v) is 12.6. The van der Waals surface area contributed by atoms with Crippen molar-refractivity contribution in [2.24, 2.45) is 0 Å². The van der Waals surface area contributed by atoms with Crippen LogP contribution >= 0.6 is 0 Å². The smallest absolute Gasteiger partial charge is 1.00 e. The third-order valence-corrected chi connectivity index (χ3v) is 0. The third-order valence-electron chi connectivity index (χ3n) is 0. The Balaban J connectivity index is -0.00000000200. The Kier molecular flexibility index (Phi) is 282. The molecular weight excluding hydrogens is 182 g/mol. The van der Waals surface area contributed by atoms with Crippen LogP contribution in [-0.2, 0) is 4.79 Å². The van der Waals surface area contributed by atoms with E-state index >= 15 is 0 Å². The quantitative estimate of drug-likeness (QED) is 0.208. The number of hydrogen-bond acceptors (Lipinski definition) is 1. The minimum absolute atomic E-state index is 0. The zero-order chi connectivity index (χ0) is 2.71. The molecule has 0 unspecified atom stereocenters. The molecule has 8 heavy (non-hydrogen) atoms. The topological polar surface area (TPSA) is 39.4 Å². The Morgan fingerprint density at radius 2 is 1.00 bits per heavy atom. The van der Waals surface area contributed by atoms with Crippen molar-refractivity contribution < 1.29 is 118 Å². The molecule has 0 spiro atoms. The molecule has 0 aliphatic heterocycles. The van der Waals surface area contributed by atoms with Crippen LogP contribution in [0.3, 0.4) is 0 Å². The van der Waals surface area contributed by atoms with Gasteiger partial charge < -0.3 is 30.2 Å². The molecule has 0 amide bonds. The van der Waals surface area contributed by atoms with E-state index in [0.29, 0.717) is 6.08 Å². The van der Waals surface area contributed by atoms with E-state index in [1.54, 1.807) is 0 Å². The van der Waals surface area contributed by atoms with Gasteiger partial charge in [-0.2, -0.15) is 0 Å². The first kappa shape index (κ1) is 44.2. The molecule has 0 bridgehead atoms. The van der Waals surface area contributed by atoms with Gasteiger partial charge >= 0.3 is 88.7 Å². The standard InChI is InChI=1S/CNO.2ClH.3Na/c2-1-3;;;;;/h;2*1H;;;/q-1;;;3*+1/p-2. The van der Waals surface area contributed by atoms with Crippen molar-refractivity contribution in [1.82, 2.24) is 0 Å². The van der Waals surface area contributed by atoms with Crippen molar-refractivity contribution >= 4 is 6.08 Å². The molecule has 7 heteroatoms. The molecule has 0 heterocycles. The van der Waals surface area contributed by atoms with Gasteiger partial charge in [0, 0.05) is 0 Å². The van der Waals surface area contributed by atoms with Crippen LogP contribution in [0.15, 0.2) is 0 Å². The predicted molar refractivity (Wildman–Crippen MR) is 9.05 cm³/mol. The zero-order valence-electron chi connectivity index (χ0n) is 5.11. The maximum absolute atomic E-state index is 8.24. The van der Waals surface area contributed by atoms with Gasteiger partial charge in [0.05, 0.1) is 0 Å². The average Bonchev–Trinajstić information content (AvgIpc) is 0.918. The Labute approximate surface area is 127 Å². The SMILES string of the molecule is [Cl-].[Cl-].[N-]=C=O.[Na+].[Na+].[Na+]. The molecule has 0 aromatic carbocycles. The van der Waals surface area contributed by atoms with Gasteiger partial charge in [0.25, 0.3) is 0 Å². The fourth-order valence-corrected chi connectivity index (χ4v) is 0. The van der Waals surface area contributed by atoms with Crippen molar-refractivity contribution in [2.45, 2.75) is 0 Å². The van der Waals surface area contributed by atoms with Crippen molar-refractivity contribution in [1.29, 1.82) is 0 Å². The summed E-state index contributed by atoms with van der Waals surface area (Å²) < 4.78 is 0. The number of rotatable bonds is 0. The second-order valence-electron chi connectivity index (χ2n) is 0.0913. The van der Waals surface area contributed by atoms with Crippen LogP contribution in [0.25, 0.3) is 5.41 Å². The molecule has 0 aromatic rings. The monoisotopic (exact) mass is 181 g/mol. The fourth-order valence-electron chi connectivity index (χ4n) is 0. The van der Waals surface area contributed by atoms with Gasteiger partial charge in [0.2, 0.25) is 0 Å². The van der Waals surface area contributed by atoms with Gasteiger partial charge in [-0.25, -0.2) is 0 Å². The van der Waals surface area contributed by atoms with Crippen molar-refractivity contribution in [3.63, 3.8) is 0 Å². The van der Waals surface area contributed by atoms with Crippen LogP contribution in [0.1, 0.15) is 0 Å². The minimum Gasteiger partial charge on any atom is -1.00 e. The average molecular weight is 182 g/mol. The largest absolute Gasteiger partial charge is 1.00 e. The van der Waals surface area contributed by atoms with E-state index in [1.165, 1.54) is 0 Å². The van der Waals surface area contributed by atoms with E-state index in [9.17, 15) is 0 Å². The van der Waals surface area contributed by atoms with Gasteiger partial charge in [-0.1, -0.05) is 0 Å². The summed E-state index contributed by atoms with van der Waals surface area (Å²) in [6.45, 7) is 0. The van der Waals surface area contributed by atoms with Crippen molar-refractivity contribution in [2.75, 3.05) is 0 Å². The molecule has 32 valence electrons. The number of halogens is 2. The molecule has 0 aromatic heterocycles. The first-order chi connectivity index (χ1) is 1.41. The Morgan fingerprint density at radius 1 is 1.00 bits per heavy atom. The summed E-state index contributed by atoms with van der Waals surface area (Å²) in [6.07, 6.45) is 0.500. The van der Waals surface area contributed by atoms with E-state index in [-0.39, 0.29) is 113 Å². The number of carbonyl (C=O) groups excluding carboxylic acids is 1. The van der Waals surface area contributed by atoms with Gasteiger partial charge in [-0.05, 0) is 6.08 Å². The molecule has 0 saturated heterocycles. The molecule has 2 nitrogen and oxygen atoms in total. The van der Waals surface area contributed by atoms with E-state index in [1.807, 2.05) is 0 Å². The molecule has 0 aliphatic carbocycles. The summed E-state index contributed by atoms with van der Waals surface area (Å²) >= 11 is 0. The van der Waals surface area contributed by atoms with Gasteiger partial charge in [-0.15, -0.1) is 0 Å². The second kappa shape index (κ2) is 51.0. The predicted octanol–water partition coefficient (Wildman–Crippen LogP) is -15.1. The van der Waals surface area contributed by atoms with Crippen molar-refractivity contribution in [3.05, 3.63) is 5.41 Å². The summed E-state index contributed by atoms with van der Waals surface area (Å²) in [6, 6.07) is 0.